The zero-order valence-electron chi connectivity index (χ0n) is 10.6. The maximum absolute atomic E-state index is 11.7. The number of carboxylic acids is 1. The van der Waals surface area contributed by atoms with Gasteiger partial charge in [-0.2, -0.15) is 0 Å². The third-order valence-corrected chi connectivity index (χ3v) is 3.35. The van der Waals surface area contributed by atoms with Crippen molar-refractivity contribution in [2.45, 2.75) is 20.8 Å². The Bertz CT molecular complexity index is 441. The normalized spacial score (nSPS) is 11.9. The molecule has 0 aromatic carbocycles. The summed E-state index contributed by atoms with van der Waals surface area (Å²) in [5.74, 6) is -1.76. The molecule has 0 spiro atoms. The van der Waals surface area contributed by atoms with E-state index in [4.69, 9.17) is 9.84 Å². The molecular weight excluding hydrogens is 254 g/mol. The van der Waals surface area contributed by atoms with Crippen LogP contribution >= 0.6 is 11.3 Å². The Morgan fingerprint density at radius 3 is 2.78 bits per heavy atom. The molecule has 1 aromatic rings. The standard InChI is InChI=1S/C12H17NO4S/c1-4-17-12(16)9-5-8(3)18-10(9)13-6-7(2)11(14)15/h5,7,13H,4,6H2,1-3H3,(H,14,15). The first-order valence-electron chi connectivity index (χ1n) is 5.70. The predicted molar refractivity (Wildman–Crippen MR) is 70.3 cm³/mol. The number of aryl methyl sites for hydroxylation is 1. The maximum atomic E-state index is 11.7. The summed E-state index contributed by atoms with van der Waals surface area (Å²) in [6, 6.07) is 1.75. The second-order valence-corrected chi connectivity index (χ2v) is 5.20. The first-order chi connectivity index (χ1) is 8.45. The van der Waals surface area contributed by atoms with E-state index in [0.717, 1.165) is 4.88 Å². The Hall–Kier alpha value is -1.56. The van der Waals surface area contributed by atoms with E-state index in [2.05, 4.69) is 5.32 Å². The number of thiophene rings is 1. The van der Waals surface area contributed by atoms with Gasteiger partial charge in [0, 0.05) is 11.4 Å². The first-order valence-corrected chi connectivity index (χ1v) is 6.51. The fourth-order valence-electron chi connectivity index (χ4n) is 1.34. The summed E-state index contributed by atoms with van der Waals surface area (Å²) in [6.45, 7) is 5.84. The van der Waals surface area contributed by atoms with Crippen LogP contribution in [0.5, 0.6) is 0 Å². The van der Waals surface area contributed by atoms with E-state index in [1.165, 1.54) is 11.3 Å². The Labute approximate surface area is 110 Å². The number of esters is 1. The molecule has 1 unspecified atom stereocenters. The van der Waals surface area contributed by atoms with Crippen molar-refractivity contribution >= 4 is 28.3 Å². The van der Waals surface area contributed by atoms with E-state index in [1.807, 2.05) is 6.92 Å². The Morgan fingerprint density at radius 1 is 1.56 bits per heavy atom. The smallest absolute Gasteiger partial charge is 0.341 e. The van der Waals surface area contributed by atoms with Crippen molar-refractivity contribution in [3.63, 3.8) is 0 Å². The SMILES string of the molecule is CCOC(=O)c1cc(C)sc1NCC(C)C(=O)O. The molecule has 5 nitrogen and oxygen atoms in total. The Balaban J connectivity index is 2.76. The number of aliphatic carboxylic acids is 1. The van der Waals surface area contributed by atoms with Gasteiger partial charge in [-0.05, 0) is 19.9 Å². The van der Waals surface area contributed by atoms with E-state index in [1.54, 1.807) is 19.9 Å². The molecule has 18 heavy (non-hydrogen) atoms. The van der Waals surface area contributed by atoms with Crippen LogP contribution in [0.4, 0.5) is 5.00 Å². The lowest BCUT2D eigenvalue weighted by atomic mass is 10.2. The van der Waals surface area contributed by atoms with Gasteiger partial charge >= 0.3 is 11.9 Å². The maximum Gasteiger partial charge on any atom is 0.341 e. The molecule has 0 amide bonds. The molecule has 0 saturated carbocycles. The number of nitrogens with one attached hydrogen (secondary N) is 1. The van der Waals surface area contributed by atoms with Crippen LogP contribution in [0.15, 0.2) is 6.07 Å². The largest absolute Gasteiger partial charge is 0.481 e. The number of carbonyl (C=O) groups excluding carboxylic acids is 1. The number of hydrogen-bond acceptors (Lipinski definition) is 5. The summed E-state index contributed by atoms with van der Waals surface area (Å²) in [7, 11) is 0. The molecule has 2 N–H and O–H groups in total. The van der Waals surface area contributed by atoms with Gasteiger partial charge in [0.25, 0.3) is 0 Å². The molecule has 0 aliphatic heterocycles. The van der Waals surface area contributed by atoms with Crippen LogP contribution in [0.3, 0.4) is 0 Å². The third kappa shape index (κ3) is 3.73. The molecule has 0 aliphatic rings. The zero-order chi connectivity index (χ0) is 13.7. The molecule has 0 radical (unpaired) electrons. The fraction of sp³-hybridized carbons (Fsp3) is 0.500. The molecule has 0 aliphatic carbocycles. The summed E-state index contributed by atoms with van der Waals surface area (Å²) in [6.07, 6.45) is 0. The number of anilines is 1. The Morgan fingerprint density at radius 2 is 2.22 bits per heavy atom. The highest BCUT2D eigenvalue weighted by atomic mass is 32.1. The highest BCUT2D eigenvalue weighted by Gasteiger charge is 2.17. The minimum atomic E-state index is -0.867. The van der Waals surface area contributed by atoms with Gasteiger partial charge in [0.15, 0.2) is 0 Å². The molecule has 6 heteroatoms. The fourth-order valence-corrected chi connectivity index (χ4v) is 2.25. The molecule has 1 atom stereocenters. The van der Waals surface area contributed by atoms with E-state index >= 15 is 0 Å². The van der Waals surface area contributed by atoms with Crippen molar-refractivity contribution in [3.8, 4) is 0 Å². The van der Waals surface area contributed by atoms with Crippen molar-refractivity contribution in [2.24, 2.45) is 5.92 Å². The highest BCUT2D eigenvalue weighted by Crippen LogP contribution is 2.28. The van der Waals surface area contributed by atoms with Crippen molar-refractivity contribution in [2.75, 3.05) is 18.5 Å². The third-order valence-electron chi connectivity index (χ3n) is 2.34. The van der Waals surface area contributed by atoms with Crippen LogP contribution in [-0.2, 0) is 9.53 Å². The second kappa shape index (κ2) is 6.39. The van der Waals surface area contributed by atoms with E-state index in [0.29, 0.717) is 17.2 Å². The van der Waals surface area contributed by atoms with Crippen LogP contribution in [-0.4, -0.2) is 30.2 Å². The van der Waals surface area contributed by atoms with E-state index in [9.17, 15) is 9.59 Å². The molecule has 1 heterocycles. The minimum Gasteiger partial charge on any atom is -0.481 e. The van der Waals surface area contributed by atoms with Gasteiger partial charge in [-0.1, -0.05) is 6.92 Å². The molecule has 0 bridgehead atoms. The number of ether oxygens (including phenoxy) is 1. The quantitative estimate of drug-likeness (QED) is 0.777. The second-order valence-electron chi connectivity index (χ2n) is 3.94. The lowest BCUT2D eigenvalue weighted by molar-refractivity contribution is -0.140. The first kappa shape index (κ1) is 14.5. The summed E-state index contributed by atoms with van der Waals surface area (Å²) < 4.78 is 4.95. The summed E-state index contributed by atoms with van der Waals surface area (Å²) in [5.41, 5.74) is 0.469. The van der Waals surface area contributed by atoms with Crippen molar-refractivity contribution in [1.82, 2.24) is 0 Å². The van der Waals surface area contributed by atoms with Gasteiger partial charge in [0.05, 0.1) is 18.1 Å². The van der Waals surface area contributed by atoms with Crippen molar-refractivity contribution < 1.29 is 19.4 Å². The lowest BCUT2D eigenvalue weighted by Gasteiger charge is -2.09. The topological polar surface area (TPSA) is 75.6 Å². The summed E-state index contributed by atoms with van der Waals surface area (Å²) >= 11 is 1.42. The highest BCUT2D eigenvalue weighted by molar-refractivity contribution is 7.16. The average Bonchev–Trinajstić information content (AvgIpc) is 2.67. The van der Waals surface area contributed by atoms with Gasteiger partial charge in [-0.3, -0.25) is 4.79 Å². The molecule has 0 saturated heterocycles. The summed E-state index contributed by atoms with van der Waals surface area (Å²) in [4.78, 5) is 23.4. The average molecular weight is 271 g/mol. The van der Waals surface area contributed by atoms with E-state index < -0.39 is 11.9 Å². The van der Waals surface area contributed by atoms with Gasteiger partial charge in [0.2, 0.25) is 0 Å². The molecule has 100 valence electrons. The van der Waals surface area contributed by atoms with Crippen molar-refractivity contribution in [1.29, 1.82) is 0 Å². The molecule has 0 fully saturated rings. The number of rotatable bonds is 6. The van der Waals surface area contributed by atoms with Crippen LogP contribution in [0.1, 0.15) is 29.1 Å². The van der Waals surface area contributed by atoms with Crippen molar-refractivity contribution in [3.05, 3.63) is 16.5 Å². The number of carbonyl (C=O) groups is 2. The molecule has 1 rings (SSSR count). The zero-order valence-corrected chi connectivity index (χ0v) is 11.5. The summed E-state index contributed by atoms with van der Waals surface area (Å²) in [5, 5.41) is 12.5. The van der Waals surface area contributed by atoms with Gasteiger partial charge < -0.3 is 15.2 Å². The van der Waals surface area contributed by atoms with E-state index in [-0.39, 0.29) is 12.5 Å². The number of carboxylic acid groups (broad SMARTS) is 1. The molecule has 1 aromatic heterocycles. The number of hydrogen-bond donors (Lipinski definition) is 2. The lowest BCUT2D eigenvalue weighted by Crippen LogP contribution is -2.20. The van der Waals surface area contributed by atoms with Crippen LogP contribution in [0.2, 0.25) is 0 Å². The van der Waals surface area contributed by atoms with Crippen LogP contribution in [0, 0.1) is 12.8 Å². The predicted octanol–water partition coefficient (Wildman–Crippen LogP) is 2.37. The van der Waals surface area contributed by atoms with Gasteiger partial charge in [-0.25, -0.2) is 4.79 Å². The van der Waals surface area contributed by atoms with Gasteiger partial charge in [0.1, 0.15) is 5.00 Å². The van der Waals surface area contributed by atoms with Gasteiger partial charge in [-0.15, -0.1) is 11.3 Å². The van der Waals surface area contributed by atoms with Crippen LogP contribution < -0.4 is 5.32 Å². The minimum absolute atomic E-state index is 0.279. The monoisotopic (exact) mass is 271 g/mol. The molecular formula is C12H17NO4S. The Kier molecular flexibility index (Phi) is 5.15. The van der Waals surface area contributed by atoms with Crippen LogP contribution in [0.25, 0.3) is 0 Å².